The highest BCUT2D eigenvalue weighted by molar-refractivity contribution is 8.15. The molecule has 0 radical (unpaired) electrons. The largest absolute Gasteiger partial charge is 0.497 e. The third kappa shape index (κ3) is 2.38. The van der Waals surface area contributed by atoms with Gasteiger partial charge in [-0.1, -0.05) is 0 Å². The quantitative estimate of drug-likeness (QED) is 0.815. The maximum absolute atomic E-state index is 11.5. The Balaban J connectivity index is 1.93. The second-order valence-corrected chi connectivity index (χ2v) is 6.18. The molecule has 0 N–H and O–H groups in total. The molecule has 1 aromatic heterocycles. The van der Waals surface area contributed by atoms with E-state index in [0.717, 1.165) is 26.0 Å². The van der Waals surface area contributed by atoms with Gasteiger partial charge in [-0.2, -0.15) is 0 Å². The molecule has 3 rings (SSSR count). The van der Waals surface area contributed by atoms with E-state index in [0.29, 0.717) is 5.75 Å². The van der Waals surface area contributed by atoms with Crippen LogP contribution in [0.2, 0.25) is 0 Å². The molecule has 5 nitrogen and oxygen atoms in total. The molecule has 1 aromatic carbocycles. The number of fused-ring (bicyclic) bond motifs is 1. The van der Waals surface area contributed by atoms with Gasteiger partial charge in [0, 0.05) is 5.75 Å². The molecule has 0 aliphatic carbocycles. The van der Waals surface area contributed by atoms with E-state index < -0.39 is 6.04 Å². The summed E-state index contributed by atoms with van der Waals surface area (Å²) in [7, 11) is 3.02. The molecule has 0 spiro atoms. The molecule has 0 unspecified atom stereocenters. The zero-order valence-electron chi connectivity index (χ0n) is 11.0. The molecule has 0 amide bonds. The summed E-state index contributed by atoms with van der Waals surface area (Å²) >= 11 is 3.09. The van der Waals surface area contributed by atoms with Gasteiger partial charge in [-0.15, -0.1) is 23.1 Å². The summed E-state index contributed by atoms with van der Waals surface area (Å²) in [4.78, 5) is 20.4. The molecule has 1 atom stereocenters. The third-order valence-corrected chi connectivity index (χ3v) is 5.11. The number of carbonyl (C=O) groups excluding carboxylic acids is 1. The number of benzene rings is 1. The Bertz CT molecular complexity index is 696. The van der Waals surface area contributed by atoms with Crippen LogP contribution < -0.4 is 4.74 Å². The van der Waals surface area contributed by atoms with Crippen LogP contribution in [0.15, 0.2) is 23.2 Å². The maximum Gasteiger partial charge on any atom is 0.331 e. The highest BCUT2D eigenvalue weighted by atomic mass is 32.2. The van der Waals surface area contributed by atoms with Crippen molar-refractivity contribution in [3.8, 4) is 5.75 Å². The maximum atomic E-state index is 11.5. The first-order valence-electron chi connectivity index (χ1n) is 5.94. The number of carbonyl (C=O) groups is 1. The number of hydrogen-bond acceptors (Lipinski definition) is 7. The van der Waals surface area contributed by atoms with E-state index in [2.05, 4.69) is 9.98 Å². The number of thioether (sulfide) groups is 1. The molecule has 7 heteroatoms. The standard InChI is InChI=1S/C13H12N2O3S2/c1-17-7-3-4-8-10(5-7)20-12(14-8)11-15-9(6-19-11)13(16)18-2/h3-5,9H,6H2,1-2H3/t9-/m1/s1. The number of aliphatic imine (C=N–C) groups is 1. The fraction of sp³-hybridized carbons (Fsp3) is 0.308. The Hall–Kier alpha value is -1.60. The number of esters is 1. The first-order chi connectivity index (χ1) is 9.71. The summed E-state index contributed by atoms with van der Waals surface area (Å²) in [6.45, 7) is 0. The number of hydrogen-bond donors (Lipinski definition) is 0. The van der Waals surface area contributed by atoms with Gasteiger partial charge >= 0.3 is 5.97 Å². The average molecular weight is 308 g/mol. The molecular weight excluding hydrogens is 296 g/mol. The Morgan fingerprint density at radius 1 is 1.40 bits per heavy atom. The number of rotatable bonds is 3. The summed E-state index contributed by atoms with van der Waals surface area (Å²) < 4.78 is 11.0. The van der Waals surface area contributed by atoms with Crippen LogP contribution >= 0.6 is 23.1 Å². The molecule has 2 heterocycles. The molecule has 1 aliphatic heterocycles. The smallest absolute Gasteiger partial charge is 0.331 e. The van der Waals surface area contributed by atoms with Crippen LogP contribution in [-0.4, -0.2) is 42.0 Å². The van der Waals surface area contributed by atoms with Crippen molar-refractivity contribution in [2.75, 3.05) is 20.0 Å². The number of ether oxygens (including phenoxy) is 2. The topological polar surface area (TPSA) is 60.8 Å². The van der Waals surface area contributed by atoms with Crippen molar-refractivity contribution in [1.82, 2.24) is 4.98 Å². The molecule has 20 heavy (non-hydrogen) atoms. The van der Waals surface area contributed by atoms with Crippen molar-refractivity contribution in [2.24, 2.45) is 4.99 Å². The van der Waals surface area contributed by atoms with E-state index in [-0.39, 0.29) is 5.97 Å². The van der Waals surface area contributed by atoms with Crippen molar-refractivity contribution in [3.63, 3.8) is 0 Å². The summed E-state index contributed by atoms with van der Waals surface area (Å²) in [6, 6.07) is 5.34. The van der Waals surface area contributed by atoms with Crippen molar-refractivity contribution in [3.05, 3.63) is 23.2 Å². The predicted molar refractivity (Wildman–Crippen MR) is 81.0 cm³/mol. The first kappa shape index (κ1) is 13.4. The lowest BCUT2D eigenvalue weighted by molar-refractivity contribution is -0.141. The Labute approximate surface area is 124 Å². The van der Waals surface area contributed by atoms with Gasteiger partial charge in [0.15, 0.2) is 6.04 Å². The summed E-state index contributed by atoms with van der Waals surface area (Å²) in [5.41, 5.74) is 0.913. The lowest BCUT2D eigenvalue weighted by atomic mass is 10.3. The molecular formula is C13H12N2O3S2. The monoisotopic (exact) mass is 308 g/mol. The molecule has 0 bridgehead atoms. The fourth-order valence-corrected chi connectivity index (χ4v) is 3.96. The number of thiazole rings is 1. The number of nitrogens with zero attached hydrogens (tertiary/aromatic N) is 2. The van der Waals surface area contributed by atoms with Crippen LogP contribution in [-0.2, 0) is 9.53 Å². The van der Waals surface area contributed by atoms with E-state index in [1.807, 2.05) is 18.2 Å². The third-order valence-electron chi connectivity index (χ3n) is 2.90. The van der Waals surface area contributed by atoms with Gasteiger partial charge in [-0.25, -0.2) is 9.78 Å². The zero-order valence-corrected chi connectivity index (χ0v) is 12.6. The predicted octanol–water partition coefficient (Wildman–Crippen LogP) is 2.34. The normalized spacial score (nSPS) is 18.1. The molecule has 0 saturated carbocycles. The van der Waals surface area contributed by atoms with E-state index >= 15 is 0 Å². The van der Waals surface area contributed by atoms with Gasteiger partial charge in [0.1, 0.15) is 15.8 Å². The van der Waals surface area contributed by atoms with Gasteiger partial charge in [0.2, 0.25) is 0 Å². The van der Waals surface area contributed by atoms with E-state index in [9.17, 15) is 4.79 Å². The van der Waals surface area contributed by atoms with Gasteiger partial charge in [-0.05, 0) is 18.2 Å². The van der Waals surface area contributed by atoms with Gasteiger partial charge in [-0.3, -0.25) is 4.99 Å². The number of methoxy groups -OCH3 is 2. The van der Waals surface area contributed by atoms with Gasteiger partial charge in [0.25, 0.3) is 0 Å². The first-order valence-corrected chi connectivity index (χ1v) is 7.75. The minimum Gasteiger partial charge on any atom is -0.497 e. The fourth-order valence-electron chi connectivity index (χ4n) is 1.87. The van der Waals surface area contributed by atoms with E-state index in [1.165, 1.54) is 18.9 Å². The SMILES string of the molecule is COC(=O)[C@H]1CSC(c2nc3ccc(OC)cc3s2)=N1. The van der Waals surface area contributed by atoms with Crippen LogP contribution in [0.3, 0.4) is 0 Å². The van der Waals surface area contributed by atoms with E-state index in [4.69, 9.17) is 9.47 Å². The highest BCUT2D eigenvalue weighted by Gasteiger charge is 2.27. The minimum absolute atomic E-state index is 0.296. The van der Waals surface area contributed by atoms with Crippen molar-refractivity contribution in [2.45, 2.75) is 6.04 Å². The number of aromatic nitrogens is 1. The lowest BCUT2D eigenvalue weighted by Crippen LogP contribution is -2.19. The highest BCUT2D eigenvalue weighted by Crippen LogP contribution is 2.31. The van der Waals surface area contributed by atoms with Crippen LogP contribution in [0.5, 0.6) is 5.75 Å². The van der Waals surface area contributed by atoms with Gasteiger partial charge in [0.05, 0.1) is 24.4 Å². The summed E-state index contributed by atoms with van der Waals surface area (Å²) in [5, 5.41) is 1.64. The Morgan fingerprint density at radius 2 is 2.25 bits per heavy atom. The Kier molecular flexibility index (Phi) is 3.62. The zero-order chi connectivity index (χ0) is 14.1. The van der Waals surface area contributed by atoms with Crippen molar-refractivity contribution < 1.29 is 14.3 Å². The molecule has 2 aromatic rings. The van der Waals surface area contributed by atoms with Crippen LogP contribution in [0, 0.1) is 0 Å². The summed E-state index contributed by atoms with van der Waals surface area (Å²) in [6.07, 6.45) is 0. The van der Waals surface area contributed by atoms with E-state index in [1.54, 1.807) is 18.4 Å². The minimum atomic E-state index is -0.415. The molecule has 0 saturated heterocycles. The van der Waals surface area contributed by atoms with Crippen molar-refractivity contribution >= 4 is 44.3 Å². The summed E-state index contributed by atoms with van der Waals surface area (Å²) in [5.74, 6) is 1.12. The molecule has 1 aliphatic rings. The van der Waals surface area contributed by atoms with Crippen LogP contribution in [0.1, 0.15) is 5.01 Å². The Morgan fingerprint density at radius 3 is 3.00 bits per heavy atom. The molecule has 0 fully saturated rings. The lowest BCUT2D eigenvalue weighted by Gasteiger charge is -2.00. The molecule has 104 valence electrons. The van der Waals surface area contributed by atoms with Crippen molar-refractivity contribution in [1.29, 1.82) is 0 Å². The van der Waals surface area contributed by atoms with Crippen LogP contribution in [0.25, 0.3) is 10.2 Å². The van der Waals surface area contributed by atoms with Gasteiger partial charge < -0.3 is 9.47 Å². The van der Waals surface area contributed by atoms with Crippen LogP contribution in [0.4, 0.5) is 0 Å². The second kappa shape index (κ2) is 5.41. The second-order valence-electron chi connectivity index (χ2n) is 4.14. The average Bonchev–Trinajstić information content (AvgIpc) is 3.11.